The summed E-state index contributed by atoms with van der Waals surface area (Å²) in [6, 6.07) is 14.7. The van der Waals surface area contributed by atoms with E-state index in [0.29, 0.717) is 5.69 Å². The van der Waals surface area contributed by atoms with Crippen LogP contribution in [0.25, 0.3) is 5.69 Å². The van der Waals surface area contributed by atoms with Crippen molar-refractivity contribution < 1.29 is 12.8 Å². The molecule has 0 bridgehead atoms. The lowest BCUT2D eigenvalue weighted by atomic mass is 10.2. The minimum Gasteiger partial charge on any atom is -0.284 e. The first kappa shape index (κ1) is 16.9. The van der Waals surface area contributed by atoms with E-state index in [1.54, 1.807) is 24.3 Å². The number of aryl methyl sites for hydroxylation is 1. The molecule has 128 valence electrons. The standard InChI is InChI=1S/C18H15FN2O3S/c1-13-5-8-15(9-6-13)25(23,24)20-17-10-7-14(12-16(17)19)21-11-3-2-4-18(21)22/h2-12,20H,1H3. The van der Waals surface area contributed by atoms with Gasteiger partial charge in [0.15, 0.2) is 0 Å². The Balaban J connectivity index is 1.93. The lowest BCUT2D eigenvalue weighted by Crippen LogP contribution is -2.17. The highest BCUT2D eigenvalue weighted by molar-refractivity contribution is 7.92. The molecule has 0 aliphatic carbocycles. The van der Waals surface area contributed by atoms with Gasteiger partial charge >= 0.3 is 0 Å². The molecule has 0 atom stereocenters. The van der Waals surface area contributed by atoms with Crippen molar-refractivity contribution in [2.75, 3.05) is 4.72 Å². The van der Waals surface area contributed by atoms with Crippen molar-refractivity contribution in [3.63, 3.8) is 0 Å². The predicted octanol–water partition coefficient (Wildman–Crippen LogP) is 3.09. The van der Waals surface area contributed by atoms with Gasteiger partial charge < -0.3 is 0 Å². The van der Waals surface area contributed by atoms with Crippen molar-refractivity contribution in [3.05, 3.63) is 88.6 Å². The molecular formula is C18H15FN2O3S. The summed E-state index contributed by atoms with van der Waals surface area (Å²) in [5.74, 6) is -0.774. The molecule has 2 aromatic carbocycles. The number of nitrogens with zero attached hydrogens (tertiary/aromatic N) is 1. The summed E-state index contributed by atoms with van der Waals surface area (Å²) >= 11 is 0. The second-order valence-corrected chi connectivity index (χ2v) is 7.17. The van der Waals surface area contributed by atoms with E-state index in [1.165, 1.54) is 41.1 Å². The quantitative estimate of drug-likeness (QED) is 0.779. The third kappa shape index (κ3) is 3.61. The Bertz CT molecular complexity index is 1070. The molecule has 0 unspecified atom stereocenters. The van der Waals surface area contributed by atoms with Crippen molar-refractivity contribution in [3.8, 4) is 5.69 Å². The molecule has 7 heteroatoms. The van der Waals surface area contributed by atoms with Gasteiger partial charge in [0.1, 0.15) is 5.82 Å². The zero-order chi connectivity index (χ0) is 18.0. The van der Waals surface area contributed by atoms with Crippen molar-refractivity contribution in [1.29, 1.82) is 0 Å². The summed E-state index contributed by atoms with van der Waals surface area (Å²) in [5, 5.41) is 0. The van der Waals surface area contributed by atoms with Crippen molar-refractivity contribution in [2.45, 2.75) is 11.8 Å². The summed E-state index contributed by atoms with van der Waals surface area (Å²) in [5.41, 5.74) is 0.729. The predicted molar refractivity (Wildman–Crippen MR) is 94.0 cm³/mol. The van der Waals surface area contributed by atoms with E-state index < -0.39 is 15.8 Å². The average Bonchev–Trinajstić information content (AvgIpc) is 2.57. The topological polar surface area (TPSA) is 68.2 Å². The van der Waals surface area contributed by atoms with Crippen LogP contribution in [0.1, 0.15) is 5.56 Å². The highest BCUT2D eigenvalue weighted by atomic mass is 32.2. The fraction of sp³-hybridized carbons (Fsp3) is 0.0556. The Hall–Kier alpha value is -2.93. The van der Waals surface area contributed by atoms with Gasteiger partial charge in [-0.15, -0.1) is 0 Å². The Kier molecular flexibility index (Phi) is 4.41. The number of hydrogen-bond acceptors (Lipinski definition) is 3. The molecule has 1 aromatic heterocycles. The van der Waals surface area contributed by atoms with Gasteiger partial charge in [-0.2, -0.15) is 0 Å². The molecule has 0 radical (unpaired) electrons. The van der Waals surface area contributed by atoms with Crippen LogP contribution in [0.2, 0.25) is 0 Å². The molecule has 0 fully saturated rings. The second kappa shape index (κ2) is 6.52. The fourth-order valence-corrected chi connectivity index (χ4v) is 3.37. The van der Waals surface area contributed by atoms with Gasteiger partial charge in [-0.05, 0) is 37.3 Å². The van der Waals surface area contributed by atoms with Crippen LogP contribution in [-0.4, -0.2) is 13.0 Å². The molecule has 0 spiro atoms. The number of hydrogen-bond donors (Lipinski definition) is 1. The number of anilines is 1. The molecule has 5 nitrogen and oxygen atoms in total. The SMILES string of the molecule is Cc1ccc(S(=O)(=O)Nc2ccc(-n3ccccc3=O)cc2F)cc1. The molecule has 0 amide bonds. The smallest absolute Gasteiger partial charge is 0.261 e. The maximum absolute atomic E-state index is 14.3. The molecule has 25 heavy (non-hydrogen) atoms. The molecule has 0 saturated heterocycles. The third-order valence-electron chi connectivity index (χ3n) is 3.63. The number of pyridine rings is 1. The number of sulfonamides is 1. The van der Waals surface area contributed by atoms with Crippen LogP contribution in [0, 0.1) is 12.7 Å². The Labute approximate surface area is 144 Å². The van der Waals surface area contributed by atoms with E-state index >= 15 is 0 Å². The molecule has 0 saturated carbocycles. The first-order valence-electron chi connectivity index (χ1n) is 7.44. The van der Waals surface area contributed by atoms with Crippen molar-refractivity contribution in [1.82, 2.24) is 4.57 Å². The third-order valence-corrected chi connectivity index (χ3v) is 5.01. The van der Waals surface area contributed by atoms with Gasteiger partial charge in [-0.1, -0.05) is 23.8 Å². The summed E-state index contributed by atoms with van der Waals surface area (Å²) < 4.78 is 42.5. The van der Waals surface area contributed by atoms with Gasteiger partial charge in [-0.3, -0.25) is 14.1 Å². The maximum atomic E-state index is 14.3. The second-order valence-electron chi connectivity index (χ2n) is 5.49. The van der Waals surface area contributed by atoms with Crippen LogP contribution in [-0.2, 0) is 10.0 Å². The van der Waals surface area contributed by atoms with Gasteiger partial charge in [-0.25, -0.2) is 12.8 Å². The largest absolute Gasteiger partial charge is 0.284 e. The number of halogens is 1. The lowest BCUT2D eigenvalue weighted by Gasteiger charge is -2.11. The minimum absolute atomic E-state index is 0.0425. The van der Waals surface area contributed by atoms with Crippen LogP contribution in [0.5, 0.6) is 0 Å². The Morgan fingerprint density at radius 3 is 2.36 bits per heavy atom. The van der Waals surface area contributed by atoms with E-state index in [9.17, 15) is 17.6 Å². The number of benzene rings is 2. The Morgan fingerprint density at radius 2 is 1.72 bits per heavy atom. The van der Waals surface area contributed by atoms with E-state index in [0.717, 1.165) is 11.6 Å². The van der Waals surface area contributed by atoms with Crippen LogP contribution in [0.3, 0.4) is 0 Å². The molecular weight excluding hydrogens is 343 g/mol. The summed E-state index contributed by atoms with van der Waals surface area (Å²) in [6.45, 7) is 1.84. The van der Waals surface area contributed by atoms with Gasteiger partial charge in [0.05, 0.1) is 16.3 Å². The van der Waals surface area contributed by atoms with Crippen LogP contribution in [0.4, 0.5) is 10.1 Å². The zero-order valence-corrected chi connectivity index (χ0v) is 14.1. The van der Waals surface area contributed by atoms with Crippen LogP contribution < -0.4 is 10.3 Å². The van der Waals surface area contributed by atoms with E-state index in [2.05, 4.69) is 4.72 Å². The van der Waals surface area contributed by atoms with Crippen LogP contribution in [0.15, 0.2) is 76.6 Å². The highest BCUT2D eigenvalue weighted by Gasteiger charge is 2.16. The molecule has 0 aliphatic heterocycles. The number of nitrogens with one attached hydrogen (secondary N) is 1. The summed E-state index contributed by atoms with van der Waals surface area (Å²) in [6.07, 6.45) is 1.51. The molecule has 1 N–H and O–H groups in total. The van der Waals surface area contributed by atoms with Gasteiger partial charge in [0.2, 0.25) is 0 Å². The first-order valence-corrected chi connectivity index (χ1v) is 8.92. The van der Waals surface area contributed by atoms with Crippen molar-refractivity contribution in [2.24, 2.45) is 0 Å². The lowest BCUT2D eigenvalue weighted by molar-refractivity contribution is 0.598. The highest BCUT2D eigenvalue weighted by Crippen LogP contribution is 2.21. The first-order chi connectivity index (χ1) is 11.9. The average molecular weight is 358 g/mol. The molecule has 3 rings (SSSR count). The Morgan fingerprint density at radius 1 is 1.00 bits per heavy atom. The van der Waals surface area contributed by atoms with Crippen LogP contribution >= 0.6 is 0 Å². The van der Waals surface area contributed by atoms with Crippen molar-refractivity contribution >= 4 is 15.7 Å². The van der Waals surface area contributed by atoms with Gasteiger partial charge in [0, 0.05) is 18.3 Å². The monoisotopic (exact) mass is 358 g/mol. The maximum Gasteiger partial charge on any atom is 0.261 e. The molecule has 1 heterocycles. The van der Waals surface area contributed by atoms with E-state index in [1.807, 2.05) is 6.92 Å². The van der Waals surface area contributed by atoms with E-state index in [4.69, 9.17) is 0 Å². The number of aromatic nitrogens is 1. The fourth-order valence-electron chi connectivity index (χ4n) is 2.30. The summed E-state index contributed by atoms with van der Waals surface area (Å²) in [7, 11) is -3.90. The zero-order valence-electron chi connectivity index (χ0n) is 13.3. The van der Waals surface area contributed by atoms with E-state index in [-0.39, 0.29) is 16.1 Å². The van der Waals surface area contributed by atoms with Gasteiger partial charge in [0.25, 0.3) is 15.6 Å². The minimum atomic E-state index is -3.90. The molecule has 3 aromatic rings. The number of rotatable bonds is 4. The molecule has 0 aliphatic rings. The normalized spacial score (nSPS) is 11.3. The summed E-state index contributed by atoms with van der Waals surface area (Å²) in [4.78, 5) is 11.8.